The number of hydrogen-bond donors (Lipinski definition) is 1. The molecule has 2 rings (SSSR count). The zero-order valence-corrected chi connectivity index (χ0v) is 13.8. The van der Waals surface area contributed by atoms with Gasteiger partial charge in [0.25, 0.3) is 0 Å². The fraction of sp³-hybridized carbons (Fsp3) is 0.375. The molecule has 2 aromatic rings. The van der Waals surface area contributed by atoms with Crippen molar-refractivity contribution < 1.29 is 14.3 Å². The van der Waals surface area contributed by atoms with Crippen LogP contribution in [-0.2, 0) is 29.1 Å². The van der Waals surface area contributed by atoms with Crippen LogP contribution in [0.1, 0.15) is 21.1 Å². The molecule has 1 aromatic carbocycles. The minimum Gasteiger partial charge on any atom is -0.497 e. The van der Waals surface area contributed by atoms with Gasteiger partial charge in [-0.2, -0.15) is 0 Å². The third kappa shape index (κ3) is 4.54. The summed E-state index contributed by atoms with van der Waals surface area (Å²) in [6.45, 7) is 2.91. The van der Waals surface area contributed by atoms with Gasteiger partial charge in [-0.1, -0.05) is 12.1 Å². The van der Waals surface area contributed by atoms with E-state index in [9.17, 15) is 4.79 Å². The summed E-state index contributed by atoms with van der Waals surface area (Å²) in [5.41, 5.74) is 1.94. The van der Waals surface area contributed by atoms with Gasteiger partial charge in [-0.15, -0.1) is 11.3 Å². The molecule has 0 spiro atoms. The van der Waals surface area contributed by atoms with Crippen LogP contribution in [0.25, 0.3) is 0 Å². The Balaban J connectivity index is 1.87. The second-order valence-corrected chi connectivity index (χ2v) is 6.02. The van der Waals surface area contributed by atoms with E-state index in [1.54, 1.807) is 14.2 Å². The van der Waals surface area contributed by atoms with Crippen molar-refractivity contribution >= 4 is 17.2 Å². The summed E-state index contributed by atoms with van der Waals surface area (Å²) in [5.74, 6) is 0.799. The van der Waals surface area contributed by atoms with E-state index in [4.69, 9.17) is 9.47 Å². The number of aryl methyl sites for hydroxylation is 1. The molecule has 1 heterocycles. The van der Waals surface area contributed by atoms with E-state index in [1.165, 1.54) is 11.3 Å². The van der Waals surface area contributed by atoms with Crippen molar-refractivity contribution in [2.24, 2.45) is 0 Å². The third-order valence-corrected chi connectivity index (χ3v) is 4.31. The molecule has 0 radical (unpaired) electrons. The summed E-state index contributed by atoms with van der Waals surface area (Å²) >= 11 is 1.53. The molecule has 0 saturated carbocycles. The SMILES string of the molecule is COCc1nc(C)c(CC(=O)NCc2ccc(OC)cc2)s1. The first-order valence-electron chi connectivity index (χ1n) is 6.96. The van der Waals surface area contributed by atoms with Crippen molar-refractivity contribution in [2.75, 3.05) is 14.2 Å². The highest BCUT2D eigenvalue weighted by Gasteiger charge is 2.11. The van der Waals surface area contributed by atoms with Crippen LogP contribution in [0.4, 0.5) is 0 Å². The van der Waals surface area contributed by atoms with Crippen LogP contribution in [-0.4, -0.2) is 25.1 Å². The molecule has 1 aromatic heterocycles. The summed E-state index contributed by atoms with van der Waals surface area (Å²) in [7, 11) is 3.27. The molecule has 0 atom stereocenters. The number of amides is 1. The fourth-order valence-corrected chi connectivity index (χ4v) is 3.03. The molecule has 5 nitrogen and oxygen atoms in total. The number of methoxy groups -OCH3 is 2. The van der Waals surface area contributed by atoms with E-state index < -0.39 is 0 Å². The first-order valence-corrected chi connectivity index (χ1v) is 7.77. The molecule has 1 N–H and O–H groups in total. The summed E-state index contributed by atoms with van der Waals surface area (Å²) in [5, 5.41) is 3.82. The highest BCUT2D eigenvalue weighted by atomic mass is 32.1. The van der Waals surface area contributed by atoms with Gasteiger partial charge in [-0.05, 0) is 24.6 Å². The van der Waals surface area contributed by atoms with Crippen LogP contribution in [0.2, 0.25) is 0 Å². The summed E-state index contributed by atoms with van der Waals surface area (Å²) in [4.78, 5) is 17.4. The lowest BCUT2D eigenvalue weighted by Gasteiger charge is -2.06. The summed E-state index contributed by atoms with van der Waals surface area (Å²) < 4.78 is 10.2. The highest BCUT2D eigenvalue weighted by Crippen LogP contribution is 2.19. The Labute approximate surface area is 134 Å². The molecular weight excluding hydrogens is 300 g/mol. The normalized spacial score (nSPS) is 10.5. The van der Waals surface area contributed by atoms with Gasteiger partial charge in [0.1, 0.15) is 10.8 Å². The third-order valence-electron chi connectivity index (χ3n) is 3.17. The molecule has 118 valence electrons. The number of nitrogens with zero attached hydrogens (tertiary/aromatic N) is 1. The van der Waals surface area contributed by atoms with Crippen LogP contribution in [0, 0.1) is 6.92 Å². The molecule has 0 unspecified atom stereocenters. The van der Waals surface area contributed by atoms with Gasteiger partial charge in [-0.25, -0.2) is 4.98 Å². The van der Waals surface area contributed by atoms with Crippen molar-refractivity contribution in [3.05, 3.63) is 45.4 Å². The molecule has 22 heavy (non-hydrogen) atoms. The summed E-state index contributed by atoms with van der Waals surface area (Å²) in [6.07, 6.45) is 0.351. The van der Waals surface area contributed by atoms with Crippen LogP contribution in [0.15, 0.2) is 24.3 Å². The van der Waals surface area contributed by atoms with Gasteiger partial charge in [0.2, 0.25) is 5.91 Å². The quantitative estimate of drug-likeness (QED) is 0.851. The van der Waals surface area contributed by atoms with Gasteiger partial charge < -0.3 is 14.8 Å². The minimum absolute atomic E-state index is 0.00784. The molecule has 0 aliphatic carbocycles. The Morgan fingerprint density at radius 3 is 2.64 bits per heavy atom. The van der Waals surface area contributed by atoms with Gasteiger partial charge >= 0.3 is 0 Å². The number of nitrogens with one attached hydrogen (secondary N) is 1. The van der Waals surface area contributed by atoms with E-state index >= 15 is 0 Å². The monoisotopic (exact) mass is 320 g/mol. The van der Waals surface area contributed by atoms with Gasteiger partial charge in [0.05, 0.1) is 25.8 Å². The lowest BCUT2D eigenvalue weighted by Crippen LogP contribution is -2.24. The predicted molar refractivity (Wildman–Crippen MR) is 86.1 cm³/mol. The van der Waals surface area contributed by atoms with E-state index in [-0.39, 0.29) is 5.91 Å². The van der Waals surface area contributed by atoms with Crippen molar-refractivity contribution in [2.45, 2.75) is 26.5 Å². The molecule has 0 bridgehead atoms. The maximum absolute atomic E-state index is 12.0. The summed E-state index contributed by atoms with van der Waals surface area (Å²) in [6, 6.07) is 7.64. The van der Waals surface area contributed by atoms with Crippen LogP contribution >= 0.6 is 11.3 Å². The topological polar surface area (TPSA) is 60.5 Å². The first kappa shape index (κ1) is 16.5. The van der Waals surface area contributed by atoms with Crippen molar-refractivity contribution in [1.82, 2.24) is 10.3 Å². The Bertz CT molecular complexity index is 623. The molecule has 0 fully saturated rings. The lowest BCUT2D eigenvalue weighted by atomic mass is 10.2. The van der Waals surface area contributed by atoms with Crippen LogP contribution in [0.5, 0.6) is 5.75 Å². The zero-order chi connectivity index (χ0) is 15.9. The first-order chi connectivity index (χ1) is 10.6. The second-order valence-electron chi connectivity index (χ2n) is 4.85. The average molecular weight is 320 g/mol. The van der Waals surface area contributed by atoms with Crippen molar-refractivity contribution in [1.29, 1.82) is 0 Å². The molecular formula is C16H20N2O3S. The van der Waals surface area contributed by atoms with Crippen molar-refractivity contribution in [3.8, 4) is 5.75 Å². The van der Waals surface area contributed by atoms with E-state index in [0.29, 0.717) is 19.6 Å². The fourth-order valence-electron chi connectivity index (χ4n) is 1.99. The van der Waals surface area contributed by atoms with Gasteiger partial charge in [-0.3, -0.25) is 4.79 Å². The number of hydrogen-bond acceptors (Lipinski definition) is 5. The molecule has 0 aliphatic heterocycles. The van der Waals surface area contributed by atoms with Crippen molar-refractivity contribution in [3.63, 3.8) is 0 Å². The predicted octanol–water partition coefficient (Wildman–Crippen LogP) is 2.47. The number of ether oxygens (including phenoxy) is 2. The van der Waals surface area contributed by atoms with Gasteiger partial charge in [0.15, 0.2) is 0 Å². The number of carbonyl (C=O) groups is 1. The number of thiazole rings is 1. The number of aromatic nitrogens is 1. The molecule has 0 saturated heterocycles. The maximum Gasteiger partial charge on any atom is 0.225 e. The van der Waals surface area contributed by atoms with Crippen LogP contribution in [0.3, 0.4) is 0 Å². The minimum atomic E-state index is -0.00784. The number of rotatable bonds is 7. The smallest absolute Gasteiger partial charge is 0.225 e. The van der Waals surface area contributed by atoms with Gasteiger partial charge in [0, 0.05) is 18.5 Å². The standard InChI is InChI=1S/C16H20N2O3S/c1-11-14(22-16(18-11)10-20-2)8-15(19)17-9-12-4-6-13(21-3)7-5-12/h4-7H,8-10H2,1-3H3,(H,17,19). The van der Waals surface area contributed by atoms with E-state index in [2.05, 4.69) is 10.3 Å². The number of carbonyl (C=O) groups excluding carboxylic acids is 1. The van der Waals surface area contributed by atoms with Crippen LogP contribution < -0.4 is 10.1 Å². The Hall–Kier alpha value is -1.92. The Kier molecular flexibility index (Phi) is 5.91. The zero-order valence-electron chi connectivity index (χ0n) is 13.0. The Morgan fingerprint density at radius 2 is 2.00 bits per heavy atom. The molecule has 6 heteroatoms. The average Bonchev–Trinajstić information content (AvgIpc) is 2.86. The van der Waals surface area contributed by atoms with E-state index in [1.807, 2.05) is 31.2 Å². The molecule has 1 amide bonds. The maximum atomic E-state index is 12.0. The Morgan fingerprint density at radius 1 is 1.27 bits per heavy atom. The largest absolute Gasteiger partial charge is 0.497 e. The number of benzene rings is 1. The molecule has 0 aliphatic rings. The lowest BCUT2D eigenvalue weighted by molar-refractivity contribution is -0.120. The van der Waals surface area contributed by atoms with E-state index in [0.717, 1.165) is 26.9 Å². The second kappa shape index (κ2) is 7.91. The highest BCUT2D eigenvalue weighted by molar-refractivity contribution is 7.11.